The maximum absolute atomic E-state index is 12.0. The summed E-state index contributed by atoms with van der Waals surface area (Å²) in [5.41, 5.74) is 2.22. The fourth-order valence-corrected chi connectivity index (χ4v) is 3.71. The molecule has 0 aliphatic carbocycles. The van der Waals surface area contributed by atoms with Gasteiger partial charge in [-0.3, -0.25) is 4.79 Å². The third kappa shape index (κ3) is 2.80. The Hall–Kier alpha value is -1.55. The Morgan fingerprint density at radius 1 is 1.30 bits per heavy atom. The predicted molar refractivity (Wildman–Crippen MR) is 83.0 cm³/mol. The van der Waals surface area contributed by atoms with Crippen molar-refractivity contribution in [3.8, 4) is 0 Å². The van der Waals surface area contributed by atoms with Gasteiger partial charge in [0.1, 0.15) is 0 Å². The van der Waals surface area contributed by atoms with Crippen molar-refractivity contribution in [3.63, 3.8) is 0 Å². The van der Waals surface area contributed by atoms with Gasteiger partial charge in [-0.1, -0.05) is 36.4 Å². The molecule has 1 aromatic carbocycles. The summed E-state index contributed by atoms with van der Waals surface area (Å²) in [6.07, 6.45) is 3.11. The lowest BCUT2D eigenvalue weighted by molar-refractivity contribution is -0.120. The topological polar surface area (TPSA) is 42.0 Å². The molecule has 1 atom stereocenters. The van der Waals surface area contributed by atoms with Crippen LogP contribution in [-0.2, 0) is 4.79 Å². The highest BCUT2D eigenvalue weighted by Gasteiger charge is 2.22. The summed E-state index contributed by atoms with van der Waals surface area (Å²) in [6.45, 7) is 2.90. The lowest BCUT2D eigenvalue weighted by atomic mass is 10.1. The van der Waals surface area contributed by atoms with Gasteiger partial charge in [-0.15, -0.1) is 0 Å². The molecule has 104 valence electrons. The van der Waals surface area contributed by atoms with Crippen LogP contribution in [0.5, 0.6) is 0 Å². The minimum Gasteiger partial charge on any atom is -0.355 e. The number of aryl methyl sites for hydroxylation is 1. The SMILES string of the molecule is Cc1cc(SC2CCCCNC2=O)nc2ccccc12. The Morgan fingerprint density at radius 2 is 2.15 bits per heavy atom. The highest BCUT2D eigenvalue weighted by atomic mass is 32.2. The van der Waals surface area contributed by atoms with Gasteiger partial charge in [0.15, 0.2) is 0 Å². The molecule has 0 radical (unpaired) electrons. The molecule has 1 amide bonds. The van der Waals surface area contributed by atoms with Crippen LogP contribution in [0.25, 0.3) is 10.9 Å². The van der Waals surface area contributed by atoms with Crippen LogP contribution in [0.2, 0.25) is 0 Å². The van der Waals surface area contributed by atoms with Crippen LogP contribution in [0, 0.1) is 6.92 Å². The molecule has 1 aliphatic rings. The van der Waals surface area contributed by atoms with Crippen LogP contribution < -0.4 is 5.32 Å². The van der Waals surface area contributed by atoms with Gasteiger partial charge >= 0.3 is 0 Å². The van der Waals surface area contributed by atoms with Gasteiger partial charge in [0.25, 0.3) is 0 Å². The molecular formula is C16H18N2OS. The quantitative estimate of drug-likeness (QED) is 0.921. The molecule has 3 rings (SSSR count). The van der Waals surface area contributed by atoms with Gasteiger partial charge < -0.3 is 5.32 Å². The Balaban J connectivity index is 1.88. The molecule has 20 heavy (non-hydrogen) atoms. The maximum atomic E-state index is 12.0. The van der Waals surface area contributed by atoms with Gasteiger partial charge in [-0.25, -0.2) is 4.98 Å². The van der Waals surface area contributed by atoms with E-state index in [1.807, 2.05) is 18.2 Å². The minimum absolute atomic E-state index is 0.00874. The number of nitrogens with zero attached hydrogens (tertiary/aromatic N) is 1. The van der Waals surface area contributed by atoms with Crippen molar-refractivity contribution in [3.05, 3.63) is 35.9 Å². The van der Waals surface area contributed by atoms with E-state index in [1.165, 1.54) is 10.9 Å². The highest BCUT2D eigenvalue weighted by molar-refractivity contribution is 8.00. The Labute approximate surface area is 123 Å². The largest absolute Gasteiger partial charge is 0.355 e. The molecule has 1 fully saturated rings. The number of thioether (sulfide) groups is 1. The zero-order chi connectivity index (χ0) is 13.9. The normalized spacial score (nSPS) is 19.6. The number of para-hydroxylation sites is 1. The number of rotatable bonds is 2. The number of hydrogen-bond acceptors (Lipinski definition) is 3. The molecule has 4 heteroatoms. The number of pyridine rings is 1. The number of amides is 1. The molecule has 2 aromatic rings. The van der Waals surface area contributed by atoms with Crippen LogP contribution in [0.3, 0.4) is 0 Å². The Morgan fingerprint density at radius 3 is 3.05 bits per heavy atom. The third-order valence-corrected chi connectivity index (χ3v) is 4.83. The van der Waals surface area contributed by atoms with Crippen molar-refractivity contribution in [2.45, 2.75) is 36.5 Å². The van der Waals surface area contributed by atoms with E-state index in [0.29, 0.717) is 0 Å². The molecule has 0 bridgehead atoms. The van der Waals surface area contributed by atoms with E-state index in [-0.39, 0.29) is 11.2 Å². The van der Waals surface area contributed by atoms with E-state index in [4.69, 9.17) is 0 Å². The molecule has 1 aromatic heterocycles. The second-order valence-electron chi connectivity index (χ2n) is 5.19. The fourth-order valence-electron chi connectivity index (χ4n) is 2.55. The number of carbonyl (C=O) groups excluding carboxylic acids is 1. The van der Waals surface area contributed by atoms with Gasteiger partial charge in [0.2, 0.25) is 5.91 Å². The molecule has 0 saturated carbocycles. The second kappa shape index (κ2) is 5.83. The van der Waals surface area contributed by atoms with E-state index in [9.17, 15) is 4.79 Å². The lowest BCUT2D eigenvalue weighted by Gasteiger charge is -2.13. The van der Waals surface area contributed by atoms with Crippen molar-refractivity contribution in [2.24, 2.45) is 0 Å². The maximum Gasteiger partial charge on any atom is 0.233 e. The number of hydrogen-bond donors (Lipinski definition) is 1. The van der Waals surface area contributed by atoms with Gasteiger partial charge in [-0.2, -0.15) is 0 Å². The molecule has 1 unspecified atom stereocenters. The molecule has 1 saturated heterocycles. The average molecular weight is 286 g/mol. The molecule has 2 heterocycles. The summed E-state index contributed by atoms with van der Waals surface area (Å²) < 4.78 is 0. The molecule has 3 nitrogen and oxygen atoms in total. The zero-order valence-corrected chi connectivity index (χ0v) is 12.4. The van der Waals surface area contributed by atoms with Crippen LogP contribution in [0.4, 0.5) is 0 Å². The first-order valence-corrected chi connectivity index (χ1v) is 7.93. The molecular weight excluding hydrogens is 268 g/mol. The second-order valence-corrected chi connectivity index (χ2v) is 6.41. The summed E-state index contributed by atoms with van der Waals surface area (Å²) in [5.74, 6) is 0.153. The van der Waals surface area contributed by atoms with Crippen molar-refractivity contribution < 1.29 is 4.79 Å². The average Bonchev–Trinajstić information content (AvgIpc) is 2.64. The summed E-state index contributed by atoms with van der Waals surface area (Å²) in [7, 11) is 0. The zero-order valence-electron chi connectivity index (χ0n) is 11.6. The third-order valence-electron chi connectivity index (χ3n) is 3.65. The predicted octanol–water partition coefficient (Wildman–Crippen LogP) is 3.30. The number of aromatic nitrogens is 1. The van der Waals surface area contributed by atoms with Crippen molar-refractivity contribution >= 4 is 28.6 Å². The number of fused-ring (bicyclic) bond motifs is 1. The first-order valence-electron chi connectivity index (χ1n) is 7.05. The molecule has 1 aliphatic heterocycles. The van der Waals surface area contributed by atoms with Crippen LogP contribution >= 0.6 is 11.8 Å². The Bertz CT molecular complexity index is 641. The Kier molecular flexibility index (Phi) is 3.92. The molecule has 1 N–H and O–H groups in total. The summed E-state index contributed by atoms with van der Waals surface area (Å²) in [5, 5.41) is 5.10. The van der Waals surface area contributed by atoms with Crippen molar-refractivity contribution in [1.29, 1.82) is 0 Å². The summed E-state index contributed by atoms with van der Waals surface area (Å²) in [4.78, 5) is 16.7. The summed E-state index contributed by atoms with van der Waals surface area (Å²) in [6, 6.07) is 10.2. The van der Waals surface area contributed by atoms with E-state index in [2.05, 4.69) is 29.4 Å². The first kappa shape index (κ1) is 13.4. The van der Waals surface area contributed by atoms with E-state index in [1.54, 1.807) is 11.8 Å². The van der Waals surface area contributed by atoms with Crippen molar-refractivity contribution in [2.75, 3.05) is 6.54 Å². The van der Waals surface area contributed by atoms with Gasteiger partial charge in [-0.05, 0) is 37.5 Å². The van der Waals surface area contributed by atoms with Crippen LogP contribution in [-0.4, -0.2) is 22.7 Å². The lowest BCUT2D eigenvalue weighted by Crippen LogP contribution is -2.30. The smallest absolute Gasteiger partial charge is 0.233 e. The van der Waals surface area contributed by atoms with E-state index < -0.39 is 0 Å². The summed E-state index contributed by atoms with van der Waals surface area (Å²) >= 11 is 1.59. The van der Waals surface area contributed by atoms with Crippen LogP contribution in [0.1, 0.15) is 24.8 Å². The monoisotopic (exact) mass is 286 g/mol. The molecule has 0 spiro atoms. The van der Waals surface area contributed by atoms with Crippen LogP contribution in [0.15, 0.2) is 35.4 Å². The minimum atomic E-state index is -0.00874. The van der Waals surface area contributed by atoms with E-state index >= 15 is 0 Å². The standard InChI is InChI=1S/C16H18N2OS/c1-11-10-15(18-13-7-3-2-6-12(11)13)20-14-8-4-5-9-17-16(14)19/h2-3,6-7,10,14H,4-5,8-9H2,1H3,(H,17,19). The number of benzene rings is 1. The number of carbonyl (C=O) groups is 1. The van der Waals surface area contributed by atoms with Crippen molar-refractivity contribution in [1.82, 2.24) is 10.3 Å². The first-order chi connectivity index (χ1) is 9.74. The number of nitrogens with one attached hydrogen (secondary N) is 1. The van der Waals surface area contributed by atoms with E-state index in [0.717, 1.165) is 36.3 Å². The fraction of sp³-hybridized carbons (Fsp3) is 0.375. The van der Waals surface area contributed by atoms with Gasteiger partial charge in [0, 0.05) is 11.9 Å². The highest BCUT2D eigenvalue weighted by Crippen LogP contribution is 2.29. The van der Waals surface area contributed by atoms with Gasteiger partial charge in [0.05, 0.1) is 15.8 Å².